The lowest BCUT2D eigenvalue weighted by atomic mass is 9.86. The molecular formula is C13H26N2. The molecule has 15 heavy (non-hydrogen) atoms. The van der Waals surface area contributed by atoms with Crippen molar-refractivity contribution in [2.75, 3.05) is 33.2 Å². The summed E-state index contributed by atoms with van der Waals surface area (Å²) in [5, 5.41) is 0. The van der Waals surface area contributed by atoms with Gasteiger partial charge in [0.1, 0.15) is 0 Å². The maximum Gasteiger partial charge on any atom is 0.0112 e. The molecular weight excluding hydrogens is 184 g/mol. The fraction of sp³-hybridized carbons (Fsp3) is 1.00. The lowest BCUT2D eigenvalue weighted by molar-refractivity contribution is 0.139. The van der Waals surface area contributed by atoms with Gasteiger partial charge in [0.25, 0.3) is 0 Å². The summed E-state index contributed by atoms with van der Waals surface area (Å²) in [4.78, 5) is 5.24. The summed E-state index contributed by atoms with van der Waals surface area (Å²) in [5.41, 5.74) is 0. The Morgan fingerprint density at radius 3 is 2.60 bits per heavy atom. The van der Waals surface area contributed by atoms with Gasteiger partial charge < -0.3 is 4.90 Å². The summed E-state index contributed by atoms with van der Waals surface area (Å²) in [6, 6.07) is 0.903. The van der Waals surface area contributed by atoms with Crippen molar-refractivity contribution in [1.29, 1.82) is 0 Å². The number of likely N-dealkylation sites (N-methyl/N-ethyl adjacent to an activating group) is 1. The lowest BCUT2D eigenvalue weighted by Gasteiger charge is -2.36. The molecule has 2 rings (SSSR count). The second-order valence-electron chi connectivity index (χ2n) is 5.62. The van der Waals surface area contributed by atoms with Gasteiger partial charge in [0.15, 0.2) is 0 Å². The highest BCUT2D eigenvalue weighted by molar-refractivity contribution is 4.80. The van der Waals surface area contributed by atoms with Crippen LogP contribution >= 0.6 is 0 Å². The van der Waals surface area contributed by atoms with Gasteiger partial charge in [-0.25, -0.2) is 0 Å². The third kappa shape index (κ3) is 3.18. The van der Waals surface area contributed by atoms with Crippen molar-refractivity contribution in [2.24, 2.45) is 5.92 Å². The first-order valence-corrected chi connectivity index (χ1v) is 6.68. The largest absolute Gasteiger partial charge is 0.305 e. The van der Waals surface area contributed by atoms with Crippen molar-refractivity contribution in [3.8, 4) is 0 Å². The predicted octanol–water partition coefficient (Wildman–Crippen LogP) is 2.20. The van der Waals surface area contributed by atoms with E-state index < -0.39 is 0 Å². The summed E-state index contributed by atoms with van der Waals surface area (Å²) in [6.45, 7) is 7.62. The molecule has 0 N–H and O–H groups in total. The molecule has 0 bridgehead atoms. The molecule has 0 amide bonds. The fourth-order valence-electron chi connectivity index (χ4n) is 3.17. The van der Waals surface area contributed by atoms with E-state index in [9.17, 15) is 0 Å². The van der Waals surface area contributed by atoms with Gasteiger partial charge in [-0.2, -0.15) is 0 Å². The summed E-state index contributed by atoms with van der Waals surface area (Å²) in [7, 11) is 2.26. The van der Waals surface area contributed by atoms with E-state index in [1.165, 1.54) is 58.3 Å². The van der Waals surface area contributed by atoms with Crippen LogP contribution < -0.4 is 0 Å². The molecule has 0 radical (unpaired) electrons. The minimum Gasteiger partial charge on any atom is -0.305 e. The SMILES string of the molecule is C[C@H]1CCC[C@@H](N2CCCN(C)CC2)C1. The Labute approximate surface area is 94.6 Å². The highest BCUT2D eigenvalue weighted by Gasteiger charge is 2.25. The highest BCUT2D eigenvalue weighted by atomic mass is 15.2. The first kappa shape index (κ1) is 11.4. The van der Waals surface area contributed by atoms with Crippen molar-refractivity contribution < 1.29 is 0 Å². The van der Waals surface area contributed by atoms with E-state index in [2.05, 4.69) is 23.8 Å². The fourth-order valence-corrected chi connectivity index (χ4v) is 3.17. The maximum absolute atomic E-state index is 2.76. The molecule has 2 aliphatic rings. The molecule has 2 heteroatoms. The van der Waals surface area contributed by atoms with Crippen LogP contribution in [0, 0.1) is 5.92 Å². The standard InChI is InChI=1S/C13H26N2/c1-12-5-3-6-13(11-12)15-8-4-7-14(2)9-10-15/h12-13H,3-11H2,1-2H3/t12-,13+/m0/s1. The van der Waals surface area contributed by atoms with E-state index in [1.54, 1.807) is 0 Å². The summed E-state index contributed by atoms with van der Waals surface area (Å²) in [5.74, 6) is 0.963. The van der Waals surface area contributed by atoms with Gasteiger partial charge >= 0.3 is 0 Å². The minimum absolute atomic E-state index is 0.903. The van der Waals surface area contributed by atoms with Crippen LogP contribution in [-0.2, 0) is 0 Å². The van der Waals surface area contributed by atoms with Crippen LogP contribution in [0.3, 0.4) is 0 Å². The molecule has 1 heterocycles. The smallest absolute Gasteiger partial charge is 0.0112 e. The zero-order chi connectivity index (χ0) is 10.7. The van der Waals surface area contributed by atoms with Gasteiger partial charge in [-0.1, -0.05) is 19.8 Å². The molecule has 0 aromatic rings. The number of hydrogen-bond donors (Lipinski definition) is 0. The summed E-state index contributed by atoms with van der Waals surface area (Å²) >= 11 is 0. The van der Waals surface area contributed by atoms with Crippen LogP contribution in [-0.4, -0.2) is 49.1 Å². The van der Waals surface area contributed by atoms with Gasteiger partial charge in [0, 0.05) is 19.1 Å². The molecule has 1 aliphatic carbocycles. The van der Waals surface area contributed by atoms with Crippen LogP contribution in [0.1, 0.15) is 39.0 Å². The second-order valence-corrected chi connectivity index (χ2v) is 5.62. The Morgan fingerprint density at radius 2 is 1.80 bits per heavy atom. The van der Waals surface area contributed by atoms with Crippen LogP contribution in [0.5, 0.6) is 0 Å². The second kappa shape index (κ2) is 5.31. The van der Waals surface area contributed by atoms with Crippen LogP contribution in [0.2, 0.25) is 0 Å². The van der Waals surface area contributed by atoms with Crippen molar-refractivity contribution in [3.05, 3.63) is 0 Å². The van der Waals surface area contributed by atoms with E-state index in [-0.39, 0.29) is 0 Å². The summed E-state index contributed by atoms with van der Waals surface area (Å²) < 4.78 is 0. The Morgan fingerprint density at radius 1 is 0.933 bits per heavy atom. The molecule has 88 valence electrons. The predicted molar refractivity (Wildman–Crippen MR) is 65.1 cm³/mol. The quantitative estimate of drug-likeness (QED) is 0.655. The van der Waals surface area contributed by atoms with Crippen LogP contribution in [0.4, 0.5) is 0 Å². The molecule has 0 aromatic heterocycles. The van der Waals surface area contributed by atoms with E-state index in [1.807, 2.05) is 0 Å². The molecule has 1 aliphatic heterocycles. The van der Waals surface area contributed by atoms with E-state index >= 15 is 0 Å². The first-order chi connectivity index (χ1) is 7.25. The van der Waals surface area contributed by atoms with Crippen LogP contribution in [0.15, 0.2) is 0 Å². The van der Waals surface area contributed by atoms with Crippen molar-refractivity contribution in [1.82, 2.24) is 9.80 Å². The molecule has 0 unspecified atom stereocenters. The van der Waals surface area contributed by atoms with Gasteiger partial charge in [-0.3, -0.25) is 4.90 Å². The lowest BCUT2D eigenvalue weighted by Crippen LogP contribution is -2.40. The molecule has 1 saturated heterocycles. The first-order valence-electron chi connectivity index (χ1n) is 6.68. The molecule has 0 spiro atoms. The Balaban J connectivity index is 1.85. The van der Waals surface area contributed by atoms with Crippen molar-refractivity contribution in [2.45, 2.75) is 45.1 Å². The third-order valence-electron chi connectivity index (χ3n) is 4.18. The normalized spacial score (nSPS) is 36.4. The van der Waals surface area contributed by atoms with Gasteiger partial charge in [0.2, 0.25) is 0 Å². The number of nitrogens with zero attached hydrogens (tertiary/aromatic N) is 2. The average Bonchev–Trinajstić information content (AvgIpc) is 2.43. The van der Waals surface area contributed by atoms with E-state index in [4.69, 9.17) is 0 Å². The zero-order valence-electron chi connectivity index (χ0n) is 10.4. The maximum atomic E-state index is 2.76. The molecule has 2 nitrogen and oxygen atoms in total. The van der Waals surface area contributed by atoms with Crippen molar-refractivity contribution >= 4 is 0 Å². The zero-order valence-corrected chi connectivity index (χ0v) is 10.4. The Hall–Kier alpha value is -0.0800. The topological polar surface area (TPSA) is 6.48 Å². The average molecular weight is 210 g/mol. The van der Waals surface area contributed by atoms with Gasteiger partial charge in [0.05, 0.1) is 0 Å². The number of hydrogen-bond acceptors (Lipinski definition) is 2. The molecule has 2 atom stereocenters. The third-order valence-corrected chi connectivity index (χ3v) is 4.18. The van der Waals surface area contributed by atoms with Gasteiger partial charge in [-0.15, -0.1) is 0 Å². The molecule has 1 saturated carbocycles. The van der Waals surface area contributed by atoms with Crippen LogP contribution in [0.25, 0.3) is 0 Å². The molecule has 2 fully saturated rings. The van der Waals surface area contributed by atoms with Gasteiger partial charge in [-0.05, 0) is 45.3 Å². The summed E-state index contributed by atoms with van der Waals surface area (Å²) in [6.07, 6.45) is 7.18. The minimum atomic E-state index is 0.903. The monoisotopic (exact) mass is 210 g/mol. The Bertz CT molecular complexity index is 193. The Kier molecular flexibility index (Phi) is 4.04. The van der Waals surface area contributed by atoms with Crippen molar-refractivity contribution in [3.63, 3.8) is 0 Å². The highest BCUT2D eigenvalue weighted by Crippen LogP contribution is 2.27. The van der Waals surface area contributed by atoms with E-state index in [0.717, 1.165) is 12.0 Å². The van der Waals surface area contributed by atoms with E-state index in [0.29, 0.717) is 0 Å². The number of rotatable bonds is 1. The molecule has 0 aromatic carbocycles.